The molecular weight excluding hydrogens is 421 g/mol. The van der Waals surface area contributed by atoms with Gasteiger partial charge in [-0.25, -0.2) is 4.98 Å². The third-order valence-corrected chi connectivity index (χ3v) is 5.89. The highest BCUT2D eigenvalue weighted by Gasteiger charge is 2.35. The summed E-state index contributed by atoms with van der Waals surface area (Å²) in [5.41, 5.74) is 1.09. The van der Waals surface area contributed by atoms with Gasteiger partial charge in [0.25, 0.3) is 0 Å². The molecule has 0 spiro atoms. The Labute approximate surface area is 160 Å². The van der Waals surface area contributed by atoms with E-state index in [2.05, 4.69) is 25.6 Å². The van der Waals surface area contributed by atoms with E-state index >= 15 is 0 Å². The lowest BCUT2D eigenvalue weighted by atomic mass is 9.82. The number of guanidine groups is 1. The monoisotopic (exact) mass is 449 g/mol. The molecule has 1 aliphatic heterocycles. The number of anilines is 1. The van der Waals surface area contributed by atoms with Gasteiger partial charge < -0.3 is 15.1 Å². The van der Waals surface area contributed by atoms with Gasteiger partial charge in [0, 0.05) is 39.6 Å². The zero-order chi connectivity index (χ0) is 15.5. The number of fused-ring (bicyclic) bond motifs is 1. The first-order valence-electron chi connectivity index (χ1n) is 8.24. The Morgan fingerprint density at radius 1 is 1.35 bits per heavy atom. The lowest BCUT2D eigenvalue weighted by molar-refractivity contribution is 0.299. The minimum absolute atomic E-state index is 0. The summed E-state index contributed by atoms with van der Waals surface area (Å²) in [6.45, 7) is 3.09. The number of likely N-dealkylation sites (tertiary alicyclic amines) is 1. The number of halogens is 1. The van der Waals surface area contributed by atoms with Gasteiger partial charge in [0.1, 0.15) is 0 Å². The van der Waals surface area contributed by atoms with Crippen LogP contribution in [0.15, 0.2) is 10.4 Å². The molecular formula is C16H28IN5S. The van der Waals surface area contributed by atoms with Crippen molar-refractivity contribution in [3.8, 4) is 0 Å². The zero-order valence-corrected chi connectivity index (χ0v) is 17.4. The van der Waals surface area contributed by atoms with Crippen LogP contribution in [-0.2, 0) is 6.54 Å². The quantitative estimate of drug-likeness (QED) is 0.438. The highest BCUT2D eigenvalue weighted by atomic mass is 127. The van der Waals surface area contributed by atoms with Gasteiger partial charge in [-0.15, -0.1) is 35.3 Å². The number of aromatic nitrogens is 1. The van der Waals surface area contributed by atoms with Crippen molar-refractivity contribution in [1.29, 1.82) is 0 Å². The summed E-state index contributed by atoms with van der Waals surface area (Å²) in [4.78, 5) is 13.6. The second-order valence-corrected chi connectivity index (χ2v) is 7.46. The summed E-state index contributed by atoms with van der Waals surface area (Å²) in [6, 6.07) is 0. The third kappa shape index (κ3) is 4.49. The maximum absolute atomic E-state index is 4.62. The molecule has 2 unspecified atom stereocenters. The van der Waals surface area contributed by atoms with Crippen LogP contribution in [0.4, 0.5) is 5.13 Å². The number of nitrogens with one attached hydrogen (secondary N) is 1. The number of rotatable bonds is 3. The predicted octanol–water partition coefficient (Wildman–Crippen LogP) is 3.02. The highest BCUT2D eigenvalue weighted by Crippen LogP contribution is 2.35. The molecule has 2 atom stereocenters. The van der Waals surface area contributed by atoms with E-state index < -0.39 is 0 Å². The first-order valence-corrected chi connectivity index (χ1v) is 9.12. The standard InChI is InChI=1S/C16H27N5S.HI/c1-17-15(18-8-14-11-22-16(19-14)20(2)3)21-9-12-6-4-5-7-13(12)10-21;/h11-13H,4-10H2,1-3H3,(H,17,18);1H. The fourth-order valence-electron chi connectivity index (χ4n) is 3.66. The van der Waals surface area contributed by atoms with Gasteiger partial charge in [0.15, 0.2) is 11.1 Å². The Morgan fingerprint density at radius 3 is 2.52 bits per heavy atom. The largest absolute Gasteiger partial charge is 0.354 e. The van der Waals surface area contributed by atoms with Gasteiger partial charge in [0.2, 0.25) is 0 Å². The van der Waals surface area contributed by atoms with Crippen LogP contribution < -0.4 is 10.2 Å². The number of thiazole rings is 1. The van der Waals surface area contributed by atoms with Gasteiger partial charge in [0.05, 0.1) is 12.2 Å². The second-order valence-electron chi connectivity index (χ2n) is 6.63. The molecule has 1 aliphatic carbocycles. The van der Waals surface area contributed by atoms with Crippen LogP contribution in [0.2, 0.25) is 0 Å². The second kappa shape index (κ2) is 8.50. The molecule has 2 heterocycles. The van der Waals surface area contributed by atoms with E-state index in [1.54, 1.807) is 11.3 Å². The van der Waals surface area contributed by atoms with Gasteiger partial charge in [-0.1, -0.05) is 12.8 Å². The summed E-state index contributed by atoms with van der Waals surface area (Å²) in [5.74, 6) is 2.80. The van der Waals surface area contributed by atoms with E-state index in [1.165, 1.54) is 38.8 Å². The fourth-order valence-corrected chi connectivity index (χ4v) is 4.42. The van der Waals surface area contributed by atoms with Crippen molar-refractivity contribution in [2.24, 2.45) is 16.8 Å². The molecule has 0 aromatic carbocycles. The molecule has 2 fully saturated rings. The van der Waals surface area contributed by atoms with Crippen molar-refractivity contribution in [3.63, 3.8) is 0 Å². The van der Waals surface area contributed by atoms with Gasteiger partial charge in [-0.3, -0.25) is 4.99 Å². The molecule has 1 aromatic heterocycles. The molecule has 2 aliphatic rings. The van der Waals surface area contributed by atoms with Crippen molar-refractivity contribution in [2.75, 3.05) is 39.1 Å². The summed E-state index contributed by atoms with van der Waals surface area (Å²) in [6.07, 6.45) is 5.62. The topological polar surface area (TPSA) is 43.8 Å². The minimum Gasteiger partial charge on any atom is -0.354 e. The Morgan fingerprint density at radius 2 is 2.00 bits per heavy atom. The van der Waals surface area contributed by atoms with Crippen LogP contribution in [0.3, 0.4) is 0 Å². The third-order valence-electron chi connectivity index (χ3n) is 4.84. The molecule has 7 heteroatoms. The zero-order valence-electron chi connectivity index (χ0n) is 14.3. The number of aliphatic imine (C=N–C) groups is 1. The summed E-state index contributed by atoms with van der Waals surface area (Å²) in [7, 11) is 5.94. The lowest BCUT2D eigenvalue weighted by Gasteiger charge is -2.22. The van der Waals surface area contributed by atoms with E-state index in [1.807, 2.05) is 26.0 Å². The Hall–Kier alpha value is -0.570. The number of nitrogens with zero attached hydrogens (tertiary/aromatic N) is 4. The van der Waals surface area contributed by atoms with Crippen molar-refractivity contribution in [1.82, 2.24) is 15.2 Å². The molecule has 1 saturated heterocycles. The number of hydrogen-bond donors (Lipinski definition) is 1. The molecule has 1 saturated carbocycles. The molecule has 0 radical (unpaired) electrons. The normalized spacial score (nSPS) is 24.1. The van der Waals surface area contributed by atoms with E-state index in [9.17, 15) is 0 Å². The summed E-state index contributed by atoms with van der Waals surface area (Å²) >= 11 is 1.69. The summed E-state index contributed by atoms with van der Waals surface area (Å²) < 4.78 is 0. The molecule has 1 aromatic rings. The van der Waals surface area contributed by atoms with Crippen LogP contribution in [0.1, 0.15) is 31.4 Å². The molecule has 5 nitrogen and oxygen atoms in total. The van der Waals surface area contributed by atoms with Crippen LogP contribution in [0, 0.1) is 11.8 Å². The Balaban J connectivity index is 0.00000192. The smallest absolute Gasteiger partial charge is 0.193 e. The van der Waals surface area contributed by atoms with E-state index in [-0.39, 0.29) is 24.0 Å². The molecule has 0 bridgehead atoms. The van der Waals surface area contributed by atoms with Crippen LogP contribution in [0.25, 0.3) is 0 Å². The Kier molecular flexibility index (Phi) is 6.94. The molecule has 130 valence electrons. The van der Waals surface area contributed by atoms with E-state index in [0.717, 1.165) is 35.2 Å². The highest BCUT2D eigenvalue weighted by molar-refractivity contribution is 14.0. The molecule has 3 rings (SSSR count). The van der Waals surface area contributed by atoms with Crippen LogP contribution >= 0.6 is 35.3 Å². The van der Waals surface area contributed by atoms with Gasteiger partial charge >= 0.3 is 0 Å². The SMILES string of the molecule is CN=C(NCc1csc(N(C)C)n1)N1CC2CCCCC2C1.I. The first kappa shape index (κ1) is 18.8. The van der Waals surface area contributed by atoms with Gasteiger partial charge in [-0.05, 0) is 24.7 Å². The summed E-state index contributed by atoms with van der Waals surface area (Å²) in [5, 5.41) is 6.67. The van der Waals surface area contributed by atoms with Crippen molar-refractivity contribution in [2.45, 2.75) is 32.2 Å². The van der Waals surface area contributed by atoms with E-state index in [4.69, 9.17) is 0 Å². The maximum atomic E-state index is 4.62. The average molecular weight is 449 g/mol. The first-order chi connectivity index (χ1) is 10.7. The predicted molar refractivity (Wildman–Crippen MR) is 109 cm³/mol. The minimum atomic E-state index is 0. The molecule has 1 N–H and O–H groups in total. The Bertz CT molecular complexity index is 516. The average Bonchev–Trinajstić information content (AvgIpc) is 3.14. The van der Waals surface area contributed by atoms with Crippen molar-refractivity contribution >= 4 is 46.4 Å². The lowest BCUT2D eigenvalue weighted by Crippen LogP contribution is -2.40. The van der Waals surface area contributed by atoms with E-state index in [0.29, 0.717) is 0 Å². The fraction of sp³-hybridized carbons (Fsp3) is 0.750. The van der Waals surface area contributed by atoms with Gasteiger partial charge in [-0.2, -0.15) is 0 Å². The molecule has 23 heavy (non-hydrogen) atoms. The number of hydrogen-bond acceptors (Lipinski definition) is 4. The van der Waals surface area contributed by atoms with Crippen LogP contribution in [-0.4, -0.2) is 50.1 Å². The van der Waals surface area contributed by atoms with Crippen LogP contribution in [0.5, 0.6) is 0 Å². The van der Waals surface area contributed by atoms with Crippen molar-refractivity contribution < 1.29 is 0 Å². The van der Waals surface area contributed by atoms with Crippen molar-refractivity contribution in [3.05, 3.63) is 11.1 Å². The molecule has 0 amide bonds. The maximum Gasteiger partial charge on any atom is 0.193 e.